The fraction of sp³-hybridized carbons (Fsp3) is 0.133. The first kappa shape index (κ1) is 22.4. The number of Topliss-reactive ketones (excluding diaryl/α,β-unsaturated/α-hetero) is 2. The van der Waals surface area contributed by atoms with E-state index < -0.39 is 5.54 Å². The molecule has 0 spiro atoms. The molecule has 1 unspecified atom stereocenters. The lowest BCUT2D eigenvalue weighted by atomic mass is 9.75. The number of rotatable bonds is 6. The normalized spacial score (nSPS) is 17.2. The Morgan fingerprint density at radius 3 is 2.40 bits per heavy atom. The topological polar surface area (TPSA) is 84.9 Å². The van der Waals surface area contributed by atoms with Crippen molar-refractivity contribution < 1.29 is 9.59 Å². The molecular weight excluding hydrogens is 434 g/mol. The summed E-state index contributed by atoms with van der Waals surface area (Å²) in [4.78, 5) is 24.7. The molecule has 0 saturated heterocycles. The molecule has 4 aromatic carbocycles. The zero-order chi connectivity index (χ0) is 24.4. The van der Waals surface area contributed by atoms with Gasteiger partial charge >= 0.3 is 0 Å². The zero-order valence-corrected chi connectivity index (χ0v) is 19.4. The van der Waals surface area contributed by atoms with Crippen LogP contribution in [0.5, 0.6) is 0 Å². The molecule has 0 aliphatic heterocycles. The molecule has 0 radical (unpaired) electrons. The summed E-state index contributed by atoms with van der Waals surface area (Å²) in [6.45, 7) is 1.42. The highest BCUT2D eigenvalue weighted by Crippen LogP contribution is 2.45. The quantitative estimate of drug-likeness (QED) is 0.197. The Hall–Kier alpha value is -4.38. The predicted molar refractivity (Wildman–Crippen MR) is 139 cm³/mol. The SMILES string of the molecule is CC(=O)CC(=O)c1ccc2ccccc2c1N=NC1(c2ccccc2)CC=C(N)c2ccccc21. The van der Waals surface area contributed by atoms with Crippen LogP contribution in [0.2, 0.25) is 0 Å². The van der Waals surface area contributed by atoms with Crippen molar-refractivity contribution >= 4 is 33.7 Å². The fourth-order valence-electron chi connectivity index (χ4n) is 4.76. The first-order chi connectivity index (χ1) is 17.0. The number of nitrogens with two attached hydrogens (primary N) is 1. The number of hydrogen-bond donors (Lipinski definition) is 1. The summed E-state index contributed by atoms with van der Waals surface area (Å²) in [6.07, 6.45) is 2.34. The smallest absolute Gasteiger partial charge is 0.172 e. The number of carbonyl (C=O) groups excluding carboxylic acids is 2. The van der Waals surface area contributed by atoms with Gasteiger partial charge in [0.2, 0.25) is 0 Å². The van der Waals surface area contributed by atoms with Gasteiger partial charge < -0.3 is 5.73 Å². The van der Waals surface area contributed by atoms with Gasteiger partial charge in [0.1, 0.15) is 17.0 Å². The third-order valence-electron chi connectivity index (χ3n) is 6.48. The van der Waals surface area contributed by atoms with Crippen molar-refractivity contribution in [2.45, 2.75) is 25.3 Å². The van der Waals surface area contributed by atoms with E-state index in [-0.39, 0.29) is 18.0 Å². The van der Waals surface area contributed by atoms with Gasteiger partial charge in [-0.25, -0.2) is 0 Å². The number of hydrogen-bond acceptors (Lipinski definition) is 5. The van der Waals surface area contributed by atoms with Crippen molar-refractivity contribution in [2.24, 2.45) is 16.0 Å². The van der Waals surface area contributed by atoms with Crippen LogP contribution in [-0.2, 0) is 10.3 Å². The Bertz CT molecular complexity index is 1500. The molecule has 1 atom stereocenters. The molecule has 172 valence electrons. The van der Waals surface area contributed by atoms with Gasteiger partial charge in [-0.05, 0) is 29.5 Å². The number of benzene rings is 4. The number of nitrogens with zero attached hydrogens (tertiary/aromatic N) is 2. The molecule has 0 heterocycles. The summed E-state index contributed by atoms with van der Waals surface area (Å²) in [7, 11) is 0. The first-order valence-electron chi connectivity index (χ1n) is 11.6. The minimum atomic E-state index is -0.807. The van der Waals surface area contributed by atoms with Gasteiger partial charge in [0.15, 0.2) is 5.78 Å². The molecule has 4 aromatic rings. The van der Waals surface area contributed by atoms with Crippen molar-refractivity contribution in [2.75, 3.05) is 0 Å². The lowest BCUT2D eigenvalue weighted by molar-refractivity contribution is -0.116. The average Bonchev–Trinajstić information content (AvgIpc) is 2.88. The highest BCUT2D eigenvalue weighted by Gasteiger charge is 2.38. The van der Waals surface area contributed by atoms with Crippen LogP contribution < -0.4 is 5.73 Å². The third kappa shape index (κ3) is 4.06. The monoisotopic (exact) mass is 459 g/mol. The number of azo groups is 1. The number of fused-ring (bicyclic) bond motifs is 2. The summed E-state index contributed by atoms with van der Waals surface area (Å²) in [5, 5.41) is 11.5. The fourth-order valence-corrected chi connectivity index (χ4v) is 4.76. The summed E-state index contributed by atoms with van der Waals surface area (Å²) in [6, 6.07) is 29.3. The van der Waals surface area contributed by atoms with Gasteiger partial charge in [-0.3, -0.25) is 9.59 Å². The molecule has 1 aliphatic rings. The second-order valence-corrected chi connectivity index (χ2v) is 8.82. The molecule has 0 bridgehead atoms. The van der Waals surface area contributed by atoms with Gasteiger partial charge in [0, 0.05) is 28.6 Å². The molecule has 35 heavy (non-hydrogen) atoms. The maximum absolute atomic E-state index is 13.0. The lowest BCUT2D eigenvalue weighted by Crippen LogP contribution is -2.29. The van der Waals surface area contributed by atoms with Gasteiger partial charge in [0.25, 0.3) is 0 Å². The van der Waals surface area contributed by atoms with E-state index in [4.69, 9.17) is 16.0 Å². The molecule has 5 heteroatoms. The van der Waals surface area contributed by atoms with E-state index in [0.717, 1.165) is 27.5 Å². The molecular formula is C30H25N3O2. The highest BCUT2D eigenvalue weighted by atomic mass is 16.1. The minimum Gasteiger partial charge on any atom is -0.398 e. The zero-order valence-electron chi connectivity index (χ0n) is 19.4. The van der Waals surface area contributed by atoms with E-state index in [1.54, 1.807) is 6.07 Å². The summed E-state index contributed by atoms with van der Waals surface area (Å²) in [5.41, 5.74) is 10.00. The average molecular weight is 460 g/mol. The largest absolute Gasteiger partial charge is 0.398 e. The van der Waals surface area contributed by atoms with Crippen molar-refractivity contribution in [3.8, 4) is 0 Å². The van der Waals surface area contributed by atoms with E-state index in [9.17, 15) is 9.59 Å². The third-order valence-corrected chi connectivity index (χ3v) is 6.48. The molecule has 1 aliphatic carbocycles. The standard InChI is InChI=1S/C30H25N3O2/c1-20(34)19-28(35)25-16-15-21-9-5-6-12-23(21)29(25)32-33-30(22-10-3-2-4-11-22)18-17-27(31)24-13-7-8-14-26(24)30/h2-17H,18-19,31H2,1H3. The number of ketones is 2. The summed E-state index contributed by atoms with van der Waals surface area (Å²) < 4.78 is 0. The Labute approximate surface area is 204 Å². The van der Waals surface area contributed by atoms with Crippen molar-refractivity contribution in [3.05, 3.63) is 119 Å². The van der Waals surface area contributed by atoms with Crippen molar-refractivity contribution in [3.63, 3.8) is 0 Å². The molecule has 5 rings (SSSR count). The Morgan fingerprint density at radius 1 is 0.886 bits per heavy atom. The van der Waals surface area contributed by atoms with Crippen LogP contribution in [0.1, 0.15) is 46.8 Å². The van der Waals surface area contributed by atoms with Crippen LogP contribution in [0.3, 0.4) is 0 Å². The first-order valence-corrected chi connectivity index (χ1v) is 11.6. The Kier molecular flexibility index (Phi) is 5.83. The van der Waals surface area contributed by atoms with Gasteiger partial charge in [-0.15, -0.1) is 0 Å². The highest BCUT2D eigenvalue weighted by molar-refractivity contribution is 6.13. The molecule has 0 saturated carbocycles. The lowest BCUT2D eigenvalue weighted by Gasteiger charge is -2.34. The van der Waals surface area contributed by atoms with Crippen LogP contribution in [0, 0.1) is 0 Å². The van der Waals surface area contributed by atoms with Crippen LogP contribution in [-0.4, -0.2) is 11.6 Å². The molecule has 0 aromatic heterocycles. The molecule has 0 amide bonds. The molecule has 0 fully saturated rings. The van der Waals surface area contributed by atoms with E-state index >= 15 is 0 Å². The molecule has 5 nitrogen and oxygen atoms in total. The number of carbonyl (C=O) groups is 2. The predicted octanol–water partition coefficient (Wildman–Crippen LogP) is 6.73. The maximum Gasteiger partial charge on any atom is 0.172 e. The Morgan fingerprint density at radius 2 is 1.60 bits per heavy atom. The van der Waals surface area contributed by atoms with Gasteiger partial charge in [-0.1, -0.05) is 91.0 Å². The van der Waals surface area contributed by atoms with Gasteiger partial charge in [0.05, 0.1) is 6.42 Å². The summed E-state index contributed by atoms with van der Waals surface area (Å²) in [5.74, 6) is -0.451. The minimum absolute atomic E-state index is 0.174. The van der Waals surface area contributed by atoms with E-state index in [2.05, 4.69) is 0 Å². The van der Waals surface area contributed by atoms with E-state index in [1.165, 1.54) is 6.92 Å². The van der Waals surface area contributed by atoms with E-state index in [0.29, 0.717) is 23.4 Å². The van der Waals surface area contributed by atoms with Crippen LogP contribution in [0.25, 0.3) is 16.5 Å². The van der Waals surface area contributed by atoms with Crippen LogP contribution in [0.4, 0.5) is 5.69 Å². The van der Waals surface area contributed by atoms with Crippen LogP contribution in [0.15, 0.2) is 107 Å². The van der Waals surface area contributed by atoms with Crippen molar-refractivity contribution in [1.82, 2.24) is 0 Å². The van der Waals surface area contributed by atoms with E-state index in [1.807, 2.05) is 91.0 Å². The second-order valence-electron chi connectivity index (χ2n) is 8.82. The Balaban J connectivity index is 1.75. The summed E-state index contributed by atoms with van der Waals surface area (Å²) >= 11 is 0. The maximum atomic E-state index is 13.0. The van der Waals surface area contributed by atoms with Gasteiger partial charge in [-0.2, -0.15) is 10.2 Å². The van der Waals surface area contributed by atoms with Crippen LogP contribution >= 0.6 is 0 Å². The second kappa shape index (κ2) is 9.11. The molecule has 2 N–H and O–H groups in total. The van der Waals surface area contributed by atoms with Crippen molar-refractivity contribution in [1.29, 1.82) is 0 Å².